The van der Waals surface area contributed by atoms with Gasteiger partial charge in [-0.3, -0.25) is 0 Å². The number of pyridine rings is 1. The Morgan fingerprint density at radius 1 is 1.17 bits per heavy atom. The van der Waals surface area contributed by atoms with Crippen LogP contribution in [0.4, 0.5) is 14.6 Å². The summed E-state index contributed by atoms with van der Waals surface area (Å²) in [5.41, 5.74) is -0.545. The van der Waals surface area contributed by atoms with E-state index >= 15 is 0 Å². The Bertz CT molecular complexity index is 735. The molecule has 5 nitrogen and oxygen atoms in total. The number of rotatable bonds is 6. The summed E-state index contributed by atoms with van der Waals surface area (Å²) in [4.78, 5) is 11.2. The summed E-state index contributed by atoms with van der Waals surface area (Å²) >= 11 is 23.4. The van der Waals surface area contributed by atoms with E-state index in [-0.39, 0.29) is 38.5 Å². The maximum Gasteiger partial charge on any atom is 0.282 e. The zero-order valence-corrected chi connectivity index (χ0v) is 15.1. The molecule has 1 unspecified atom stereocenters. The zero-order chi connectivity index (χ0) is 17.9. The van der Waals surface area contributed by atoms with Gasteiger partial charge < -0.3 is 10.1 Å². The topological polar surface area (TPSA) is 59.9 Å². The lowest BCUT2D eigenvalue weighted by Gasteiger charge is -2.17. The molecule has 24 heavy (non-hydrogen) atoms. The SMILES string of the molecule is CC(CNc1ncnc(C(F)F)c1Cl)Oc1nc(Cl)c(Cl)cc1Cl. The fraction of sp³-hybridized carbons (Fsp3) is 0.308. The molecule has 0 aliphatic rings. The van der Waals surface area contributed by atoms with Gasteiger partial charge in [-0.05, 0) is 13.0 Å². The molecule has 0 radical (unpaired) electrons. The van der Waals surface area contributed by atoms with E-state index in [1.165, 1.54) is 6.07 Å². The molecule has 1 N–H and O–H groups in total. The Balaban J connectivity index is 2.03. The summed E-state index contributed by atoms with van der Waals surface area (Å²) in [6, 6.07) is 1.41. The van der Waals surface area contributed by atoms with Gasteiger partial charge >= 0.3 is 0 Å². The van der Waals surface area contributed by atoms with Crippen LogP contribution < -0.4 is 10.1 Å². The Kier molecular flexibility index (Phi) is 6.62. The number of ether oxygens (including phenoxy) is 1. The van der Waals surface area contributed by atoms with Crippen LogP contribution in [-0.4, -0.2) is 27.6 Å². The molecular weight excluding hydrogens is 408 g/mol. The van der Waals surface area contributed by atoms with Crippen molar-refractivity contribution in [3.63, 3.8) is 0 Å². The second-order valence-corrected chi connectivity index (χ2v) is 6.13. The molecule has 0 saturated heterocycles. The van der Waals surface area contributed by atoms with Crippen molar-refractivity contribution in [2.24, 2.45) is 0 Å². The van der Waals surface area contributed by atoms with Gasteiger partial charge in [0.05, 0.1) is 11.6 Å². The lowest BCUT2D eigenvalue weighted by molar-refractivity contribution is 0.146. The van der Waals surface area contributed by atoms with Crippen molar-refractivity contribution in [2.75, 3.05) is 11.9 Å². The molecule has 0 aliphatic heterocycles. The van der Waals surface area contributed by atoms with E-state index in [2.05, 4.69) is 20.3 Å². The van der Waals surface area contributed by atoms with Crippen LogP contribution >= 0.6 is 46.4 Å². The molecule has 0 saturated carbocycles. The Labute approximate surface area is 156 Å². The van der Waals surface area contributed by atoms with E-state index in [1.54, 1.807) is 6.92 Å². The van der Waals surface area contributed by atoms with Crippen molar-refractivity contribution in [3.8, 4) is 5.88 Å². The number of aromatic nitrogens is 3. The van der Waals surface area contributed by atoms with Crippen LogP contribution in [0.25, 0.3) is 0 Å². The highest BCUT2D eigenvalue weighted by Gasteiger charge is 2.18. The fourth-order valence-corrected chi connectivity index (χ4v) is 2.42. The summed E-state index contributed by atoms with van der Waals surface area (Å²) < 4.78 is 31.0. The summed E-state index contributed by atoms with van der Waals surface area (Å²) in [5, 5.41) is 3.00. The Hall–Kier alpha value is -1.15. The van der Waals surface area contributed by atoms with Crippen molar-refractivity contribution in [3.05, 3.63) is 38.3 Å². The van der Waals surface area contributed by atoms with Crippen LogP contribution in [-0.2, 0) is 0 Å². The molecule has 11 heteroatoms. The van der Waals surface area contributed by atoms with Crippen molar-refractivity contribution in [2.45, 2.75) is 19.5 Å². The summed E-state index contributed by atoms with van der Waals surface area (Å²) in [7, 11) is 0. The van der Waals surface area contributed by atoms with Crippen molar-refractivity contribution >= 4 is 52.2 Å². The van der Waals surface area contributed by atoms with E-state index in [0.717, 1.165) is 6.33 Å². The molecule has 0 aliphatic carbocycles. The van der Waals surface area contributed by atoms with Gasteiger partial charge in [0.2, 0.25) is 5.88 Å². The largest absolute Gasteiger partial charge is 0.472 e. The molecule has 0 bridgehead atoms. The minimum atomic E-state index is -2.80. The van der Waals surface area contributed by atoms with E-state index in [0.29, 0.717) is 0 Å². The standard InChI is InChI=1S/C13H10Cl4F2N4O/c1-5(24-13-7(15)2-6(14)10(17)23-13)3-20-12-8(16)9(11(18)19)21-4-22-12/h2,4-5,11H,3H2,1H3,(H,20,21,22). The third-order valence-corrected chi connectivity index (χ3v) is 4.06. The predicted molar refractivity (Wildman–Crippen MR) is 89.8 cm³/mol. The van der Waals surface area contributed by atoms with Gasteiger partial charge in [0.25, 0.3) is 6.43 Å². The second-order valence-electron chi connectivity index (χ2n) is 4.58. The summed E-state index contributed by atoms with van der Waals surface area (Å²) in [6.45, 7) is 1.90. The van der Waals surface area contributed by atoms with E-state index in [9.17, 15) is 8.78 Å². The monoisotopic (exact) mass is 416 g/mol. The number of hydrogen-bond donors (Lipinski definition) is 1. The fourth-order valence-electron chi connectivity index (χ4n) is 1.64. The number of nitrogens with one attached hydrogen (secondary N) is 1. The van der Waals surface area contributed by atoms with E-state index in [4.69, 9.17) is 51.1 Å². The van der Waals surface area contributed by atoms with E-state index < -0.39 is 18.2 Å². The minimum Gasteiger partial charge on any atom is -0.472 e. The maximum absolute atomic E-state index is 12.7. The van der Waals surface area contributed by atoms with Crippen LogP contribution in [0, 0.1) is 0 Å². The van der Waals surface area contributed by atoms with Crippen LogP contribution in [0.15, 0.2) is 12.4 Å². The molecule has 0 amide bonds. The van der Waals surface area contributed by atoms with Gasteiger partial charge in [-0.1, -0.05) is 46.4 Å². The molecule has 2 rings (SSSR count). The molecular formula is C13H10Cl4F2N4O. The highest BCUT2D eigenvalue weighted by atomic mass is 35.5. The first-order valence-electron chi connectivity index (χ1n) is 6.50. The number of anilines is 1. The zero-order valence-electron chi connectivity index (χ0n) is 12.0. The second kappa shape index (κ2) is 8.29. The lowest BCUT2D eigenvalue weighted by atomic mass is 10.3. The Morgan fingerprint density at radius 3 is 2.54 bits per heavy atom. The van der Waals surface area contributed by atoms with E-state index in [1.807, 2.05) is 0 Å². The van der Waals surface area contributed by atoms with Gasteiger partial charge in [-0.2, -0.15) is 4.98 Å². The lowest BCUT2D eigenvalue weighted by Crippen LogP contribution is -2.24. The van der Waals surface area contributed by atoms with Crippen LogP contribution in [0.5, 0.6) is 5.88 Å². The van der Waals surface area contributed by atoms with Crippen molar-refractivity contribution in [1.82, 2.24) is 15.0 Å². The number of halogens is 6. The van der Waals surface area contributed by atoms with Crippen LogP contribution in [0.2, 0.25) is 20.2 Å². The first kappa shape index (κ1) is 19.2. The first-order valence-corrected chi connectivity index (χ1v) is 8.01. The van der Waals surface area contributed by atoms with Gasteiger partial charge in [0, 0.05) is 0 Å². The summed E-state index contributed by atoms with van der Waals surface area (Å²) in [5.74, 6) is 0.174. The highest BCUT2D eigenvalue weighted by Crippen LogP contribution is 2.31. The van der Waals surface area contributed by atoms with Crippen LogP contribution in [0.1, 0.15) is 19.0 Å². The number of nitrogens with zero attached hydrogens (tertiary/aromatic N) is 3. The number of hydrogen-bond acceptors (Lipinski definition) is 5. The summed E-state index contributed by atoms with van der Waals surface area (Å²) in [6.07, 6.45) is -2.25. The molecule has 2 heterocycles. The average Bonchev–Trinajstić information content (AvgIpc) is 2.51. The predicted octanol–water partition coefficient (Wildman–Crippen LogP) is 5.30. The first-order chi connectivity index (χ1) is 11.3. The normalized spacial score (nSPS) is 12.3. The molecule has 0 aromatic carbocycles. The van der Waals surface area contributed by atoms with Gasteiger partial charge in [0.1, 0.15) is 34.0 Å². The van der Waals surface area contributed by atoms with Gasteiger partial charge in [0.15, 0.2) is 5.15 Å². The molecule has 2 aromatic heterocycles. The third-order valence-electron chi connectivity index (χ3n) is 2.75. The molecule has 1 atom stereocenters. The molecule has 0 fully saturated rings. The average molecular weight is 418 g/mol. The van der Waals surface area contributed by atoms with Crippen molar-refractivity contribution in [1.29, 1.82) is 0 Å². The molecule has 0 spiro atoms. The number of alkyl halides is 2. The van der Waals surface area contributed by atoms with Gasteiger partial charge in [-0.25, -0.2) is 18.7 Å². The minimum absolute atomic E-state index is 0.0524. The highest BCUT2D eigenvalue weighted by molar-refractivity contribution is 6.42. The Morgan fingerprint density at radius 2 is 1.88 bits per heavy atom. The smallest absolute Gasteiger partial charge is 0.282 e. The molecule has 130 valence electrons. The third kappa shape index (κ3) is 4.69. The maximum atomic E-state index is 12.7. The molecule has 2 aromatic rings. The van der Waals surface area contributed by atoms with Crippen LogP contribution in [0.3, 0.4) is 0 Å². The van der Waals surface area contributed by atoms with Crippen molar-refractivity contribution < 1.29 is 13.5 Å². The van der Waals surface area contributed by atoms with Gasteiger partial charge in [-0.15, -0.1) is 0 Å². The quantitative estimate of drug-likeness (QED) is 0.646.